The Morgan fingerprint density at radius 1 is 0.871 bits per heavy atom. The van der Waals surface area contributed by atoms with Crippen molar-refractivity contribution in [1.82, 2.24) is 47.1 Å². The number of para-hydroxylation sites is 1. The third-order valence-corrected chi connectivity index (χ3v) is 12.1. The average Bonchev–Trinajstić information content (AvgIpc) is 3.81. The molecule has 3 aliphatic heterocycles. The maximum absolute atomic E-state index is 14.4. The first-order valence-corrected chi connectivity index (χ1v) is 20.8. The summed E-state index contributed by atoms with van der Waals surface area (Å²) in [6, 6.07) is -2.45. The molecule has 0 spiro atoms. The van der Waals surface area contributed by atoms with E-state index in [1.54, 1.807) is 24.3 Å². The van der Waals surface area contributed by atoms with Crippen LogP contribution in [0.5, 0.6) is 0 Å². The van der Waals surface area contributed by atoms with Crippen molar-refractivity contribution >= 4 is 75.8 Å². The average molecular weight is 889 g/mol. The van der Waals surface area contributed by atoms with Gasteiger partial charge in [-0.15, -0.1) is 11.8 Å². The number of aliphatic hydroxyl groups excluding tert-OH is 3. The number of H-pyrrole nitrogens is 1. The molecule has 2 bridgehead atoms. The highest BCUT2D eigenvalue weighted by molar-refractivity contribution is 7.99. The lowest BCUT2D eigenvalue weighted by Gasteiger charge is -2.32. The second kappa shape index (κ2) is 20.8. The minimum Gasteiger partial charge on any atom is -0.394 e. The van der Waals surface area contributed by atoms with Crippen LogP contribution in [0.25, 0.3) is 10.9 Å². The van der Waals surface area contributed by atoms with Gasteiger partial charge in [0.05, 0.1) is 49.5 Å². The quantitative estimate of drug-likeness (QED) is 0.123. The van der Waals surface area contributed by atoms with E-state index in [4.69, 9.17) is 10.5 Å². The van der Waals surface area contributed by atoms with Crippen molar-refractivity contribution < 1.29 is 63.2 Å². The summed E-state index contributed by atoms with van der Waals surface area (Å²) in [6.07, 6.45) is -5.26. The number of carbonyl (C=O) groups excluding carboxylic acids is 9. The van der Waals surface area contributed by atoms with Gasteiger partial charge in [-0.2, -0.15) is 0 Å². The number of methoxy groups -OCH3 is 1. The zero-order valence-electron chi connectivity index (χ0n) is 34.1. The predicted molar refractivity (Wildman–Crippen MR) is 217 cm³/mol. The lowest BCUT2D eigenvalue weighted by molar-refractivity contribution is -0.144. The van der Waals surface area contributed by atoms with E-state index >= 15 is 0 Å². The fourth-order valence-electron chi connectivity index (χ4n) is 7.35. The number of nitrogens with one attached hydrogen (secondary N) is 8. The molecule has 0 saturated carbocycles. The van der Waals surface area contributed by atoms with E-state index in [1.807, 2.05) is 0 Å². The van der Waals surface area contributed by atoms with Gasteiger partial charge in [-0.3, -0.25) is 43.2 Å². The molecule has 1 aromatic carbocycles. The van der Waals surface area contributed by atoms with Gasteiger partial charge in [0, 0.05) is 49.1 Å². The first kappa shape index (κ1) is 47.2. The van der Waals surface area contributed by atoms with Crippen LogP contribution in [-0.4, -0.2) is 172 Å². The first-order valence-electron chi connectivity index (χ1n) is 19.8. The second-order valence-corrected chi connectivity index (χ2v) is 16.3. The van der Waals surface area contributed by atoms with Crippen LogP contribution in [0, 0.1) is 5.92 Å². The number of hydrogen-bond acceptors (Lipinski definition) is 14. The number of benzene rings is 1. The van der Waals surface area contributed by atoms with Gasteiger partial charge >= 0.3 is 0 Å². The largest absolute Gasteiger partial charge is 0.394 e. The van der Waals surface area contributed by atoms with Crippen LogP contribution in [0.2, 0.25) is 0 Å². The standard InChI is InChI=1S/C38H52N10O13S/c1-16(26(51)14-49)30-36(59)43-22-9-20-19-6-4-5-7-21(19)45-37(20)62-15-24(42-28(53)11-41-35(58)31(17(2)61-3)46-29(54)12-40-32(22)55)33(56)44-23(10-27(39)52)38(60)48-13-18(50)8-25(48)34(57)47-30/h4-7,16-18,22-26,30-31,45,49-51H,8-15H2,1-3H3,(H2,39,52)(H,40,55)(H,41,58)(H,42,53)(H,43,59)(H,44,56)(H,46,54)(H,47,57)/t16-,17+,18+,22-,23-,24-,25-,26-,30-,31-/m0/s1. The summed E-state index contributed by atoms with van der Waals surface area (Å²) in [7, 11) is 1.27. The lowest BCUT2D eigenvalue weighted by atomic mass is 9.94. The van der Waals surface area contributed by atoms with Gasteiger partial charge in [0.1, 0.15) is 36.3 Å². The molecule has 24 heteroatoms. The van der Waals surface area contributed by atoms with Gasteiger partial charge in [-0.1, -0.05) is 25.1 Å². The number of ether oxygens (including phenoxy) is 1. The Balaban J connectivity index is 1.69. The van der Waals surface area contributed by atoms with Crippen molar-refractivity contribution in [3.63, 3.8) is 0 Å². The summed E-state index contributed by atoms with van der Waals surface area (Å²) in [5.74, 6) is -10.1. The van der Waals surface area contributed by atoms with Gasteiger partial charge < -0.3 is 72.9 Å². The van der Waals surface area contributed by atoms with Crippen LogP contribution in [0.3, 0.4) is 0 Å². The molecule has 13 N–H and O–H groups in total. The first-order chi connectivity index (χ1) is 29.4. The monoisotopic (exact) mass is 888 g/mol. The van der Waals surface area contributed by atoms with Crippen molar-refractivity contribution in [2.24, 2.45) is 11.7 Å². The molecule has 62 heavy (non-hydrogen) atoms. The van der Waals surface area contributed by atoms with Gasteiger partial charge in [0.25, 0.3) is 0 Å². The maximum Gasteiger partial charge on any atom is 0.246 e. The molecular weight excluding hydrogens is 837 g/mol. The van der Waals surface area contributed by atoms with Crippen LogP contribution >= 0.6 is 11.8 Å². The number of aromatic nitrogens is 1. The van der Waals surface area contributed by atoms with Crippen LogP contribution in [0.15, 0.2) is 29.3 Å². The molecule has 1 saturated heterocycles. The SMILES string of the molecule is CO[C@H](C)[C@@H]1NC(=O)CNC(=O)[C@@H]2Cc3c([nH]c4ccccc34)SC[C@H](NC(=O)CNC1=O)C(=O)N[C@@H](CC(N)=O)C(=O)N1C[C@H](O)C[C@H]1C(=O)N[C@@H]([C@@H](C)[C@@H](O)CO)C(=O)N2. The molecule has 9 amide bonds. The third kappa shape index (κ3) is 11.4. The Hall–Kier alpha value is -5.82. The number of primary amides is 1. The number of hydrogen-bond donors (Lipinski definition) is 12. The normalized spacial score (nSPS) is 27.8. The molecule has 0 aliphatic carbocycles. The van der Waals surface area contributed by atoms with E-state index in [0.29, 0.717) is 21.5 Å². The van der Waals surface area contributed by atoms with Crippen molar-refractivity contribution in [2.75, 3.05) is 39.1 Å². The van der Waals surface area contributed by atoms with Crippen molar-refractivity contribution in [2.45, 2.75) is 92.7 Å². The fraction of sp³-hybridized carbons (Fsp3) is 0.553. The summed E-state index contributed by atoms with van der Waals surface area (Å²) in [5.41, 5.74) is 6.50. The zero-order valence-corrected chi connectivity index (χ0v) is 34.9. The van der Waals surface area contributed by atoms with E-state index in [0.717, 1.165) is 16.7 Å². The summed E-state index contributed by atoms with van der Waals surface area (Å²) < 4.78 is 5.27. The van der Waals surface area contributed by atoms with Crippen molar-refractivity contribution in [1.29, 1.82) is 0 Å². The summed E-state index contributed by atoms with van der Waals surface area (Å²) in [5, 5.41) is 49.6. The van der Waals surface area contributed by atoms with E-state index < -0.39 is 146 Å². The molecule has 0 unspecified atom stereocenters. The summed E-state index contributed by atoms with van der Waals surface area (Å²) in [4.78, 5) is 127. The molecule has 1 fully saturated rings. The minimum atomic E-state index is -1.73. The number of fused-ring (bicyclic) bond motifs is 5. The number of thioether (sulfide) groups is 1. The highest BCUT2D eigenvalue weighted by Gasteiger charge is 2.45. The number of aliphatic hydroxyl groups is 3. The van der Waals surface area contributed by atoms with Crippen molar-refractivity contribution in [3.05, 3.63) is 29.8 Å². The Morgan fingerprint density at radius 3 is 2.23 bits per heavy atom. The molecule has 1 aromatic heterocycles. The smallest absolute Gasteiger partial charge is 0.246 e. The number of nitrogens with zero attached hydrogens (tertiary/aromatic N) is 1. The second-order valence-electron chi connectivity index (χ2n) is 15.3. The molecule has 4 heterocycles. The van der Waals surface area contributed by atoms with E-state index in [-0.39, 0.29) is 18.6 Å². The van der Waals surface area contributed by atoms with Crippen LogP contribution < -0.4 is 43.0 Å². The Labute approximate surface area is 358 Å². The topological polar surface area (TPSA) is 353 Å². The molecule has 0 radical (unpaired) electrons. The predicted octanol–water partition coefficient (Wildman–Crippen LogP) is -5.65. The fourth-order valence-corrected chi connectivity index (χ4v) is 8.47. The number of aromatic amines is 1. The molecule has 2 aromatic rings. The Morgan fingerprint density at radius 2 is 1.55 bits per heavy atom. The van der Waals surface area contributed by atoms with Gasteiger partial charge in [0.2, 0.25) is 53.2 Å². The maximum atomic E-state index is 14.4. The van der Waals surface area contributed by atoms with Crippen LogP contribution in [0.4, 0.5) is 0 Å². The molecule has 10 atom stereocenters. The molecule has 3 aliphatic rings. The molecule has 23 nitrogen and oxygen atoms in total. The Kier molecular flexibility index (Phi) is 15.9. The van der Waals surface area contributed by atoms with Crippen molar-refractivity contribution in [3.8, 4) is 0 Å². The van der Waals surface area contributed by atoms with Gasteiger partial charge in [0.15, 0.2) is 0 Å². The van der Waals surface area contributed by atoms with Gasteiger partial charge in [-0.05, 0) is 18.6 Å². The summed E-state index contributed by atoms with van der Waals surface area (Å²) >= 11 is 1.01. The zero-order chi connectivity index (χ0) is 45.4. The molecular formula is C38H52N10O13S. The summed E-state index contributed by atoms with van der Waals surface area (Å²) in [6.45, 7) is 0.0954. The van der Waals surface area contributed by atoms with E-state index in [2.05, 4.69) is 42.2 Å². The van der Waals surface area contributed by atoms with Crippen LogP contribution in [-0.2, 0) is 54.3 Å². The highest BCUT2D eigenvalue weighted by atomic mass is 32.2. The number of carbonyl (C=O) groups is 9. The third-order valence-electron chi connectivity index (χ3n) is 10.9. The number of nitrogens with two attached hydrogens (primary N) is 1. The van der Waals surface area contributed by atoms with E-state index in [9.17, 15) is 58.5 Å². The van der Waals surface area contributed by atoms with Gasteiger partial charge in [-0.25, -0.2) is 0 Å². The minimum absolute atomic E-state index is 0.266. The molecule has 5 rings (SSSR count). The molecule has 338 valence electrons. The number of amides is 9. The van der Waals surface area contributed by atoms with E-state index in [1.165, 1.54) is 21.0 Å². The highest BCUT2D eigenvalue weighted by Crippen LogP contribution is 2.32. The number of rotatable bonds is 7. The van der Waals surface area contributed by atoms with Crippen LogP contribution in [0.1, 0.15) is 32.3 Å². The Bertz CT molecular complexity index is 2070. The lowest BCUT2D eigenvalue weighted by Crippen LogP contribution is -2.62.